The Morgan fingerprint density at radius 2 is 1.90 bits per heavy atom. The molecule has 0 spiro atoms. The van der Waals surface area contributed by atoms with Gasteiger partial charge in [0.2, 0.25) is 0 Å². The van der Waals surface area contributed by atoms with Crippen molar-refractivity contribution >= 4 is 11.5 Å². The van der Waals surface area contributed by atoms with Gasteiger partial charge in [-0.1, -0.05) is 0 Å². The van der Waals surface area contributed by atoms with Crippen LogP contribution < -0.4 is 5.73 Å². The second-order valence-electron chi connectivity index (χ2n) is 2.54. The van der Waals surface area contributed by atoms with E-state index < -0.39 is 0 Å². The maximum atomic E-state index is 7.29. The normalized spacial score (nSPS) is 9.90. The average Bonchev–Trinajstić information content (AvgIpc) is 1.58. The minimum absolute atomic E-state index is 0.0619. The molecule has 0 fully saturated rings. The Kier molecular flexibility index (Phi) is 3.64. The molecule has 0 unspecified atom stereocenters. The molecule has 0 aromatic carbocycles. The van der Waals surface area contributed by atoms with Gasteiger partial charge in [-0.15, -0.1) is 0 Å². The van der Waals surface area contributed by atoms with Gasteiger partial charge in [0.05, 0.1) is 5.84 Å². The van der Waals surface area contributed by atoms with E-state index in [4.69, 9.17) is 16.6 Å². The van der Waals surface area contributed by atoms with E-state index in [1.807, 2.05) is 19.0 Å². The first kappa shape index (κ1) is 9.10. The van der Waals surface area contributed by atoms with Gasteiger partial charge in [-0.05, 0) is 14.1 Å². The molecule has 0 amide bonds. The Labute approximate surface area is 61.0 Å². The molecule has 0 atom stereocenters. The SMILES string of the molecule is CN(C)CC(=N)CC(=N)N. The highest BCUT2D eigenvalue weighted by Crippen LogP contribution is 1.84. The summed E-state index contributed by atoms with van der Waals surface area (Å²) in [5, 5.41) is 14.2. The summed E-state index contributed by atoms with van der Waals surface area (Å²) in [5.74, 6) is 0.0619. The average molecular weight is 142 g/mol. The van der Waals surface area contributed by atoms with Crippen LogP contribution in [0, 0.1) is 10.8 Å². The van der Waals surface area contributed by atoms with Gasteiger partial charge in [-0.2, -0.15) is 0 Å². The quantitative estimate of drug-likeness (QED) is 0.378. The van der Waals surface area contributed by atoms with Crippen LogP contribution in [0.25, 0.3) is 0 Å². The van der Waals surface area contributed by atoms with Gasteiger partial charge in [-0.3, -0.25) is 5.41 Å². The molecule has 4 heteroatoms. The van der Waals surface area contributed by atoms with Crippen molar-refractivity contribution in [1.82, 2.24) is 4.90 Å². The summed E-state index contributed by atoms with van der Waals surface area (Å²) in [6.45, 7) is 0.583. The minimum atomic E-state index is 0.0619. The smallest absolute Gasteiger partial charge is 0.0962 e. The number of hydrogen-bond acceptors (Lipinski definition) is 3. The molecule has 10 heavy (non-hydrogen) atoms. The largest absolute Gasteiger partial charge is 0.387 e. The number of rotatable bonds is 4. The molecule has 58 valence electrons. The Hall–Kier alpha value is -0.900. The third-order valence-corrected chi connectivity index (χ3v) is 0.911. The lowest BCUT2D eigenvalue weighted by atomic mass is 10.2. The van der Waals surface area contributed by atoms with E-state index >= 15 is 0 Å². The fraction of sp³-hybridized carbons (Fsp3) is 0.667. The van der Waals surface area contributed by atoms with Gasteiger partial charge in [0.1, 0.15) is 0 Å². The predicted molar refractivity (Wildman–Crippen MR) is 42.8 cm³/mol. The van der Waals surface area contributed by atoms with Crippen molar-refractivity contribution in [3.63, 3.8) is 0 Å². The first-order valence-electron chi connectivity index (χ1n) is 3.06. The molecule has 4 N–H and O–H groups in total. The zero-order valence-electron chi connectivity index (χ0n) is 6.44. The molecule has 0 aromatic heterocycles. The van der Waals surface area contributed by atoms with Crippen LogP contribution in [-0.2, 0) is 0 Å². The minimum Gasteiger partial charge on any atom is -0.387 e. The van der Waals surface area contributed by atoms with Crippen LogP contribution in [0.3, 0.4) is 0 Å². The fourth-order valence-electron chi connectivity index (χ4n) is 0.668. The van der Waals surface area contributed by atoms with E-state index in [9.17, 15) is 0 Å². The molecule has 0 saturated heterocycles. The topological polar surface area (TPSA) is 77.0 Å². The molecular weight excluding hydrogens is 128 g/mol. The molecule has 0 aliphatic heterocycles. The summed E-state index contributed by atoms with van der Waals surface area (Å²) in [4.78, 5) is 1.88. The van der Waals surface area contributed by atoms with Crippen molar-refractivity contribution in [3.8, 4) is 0 Å². The van der Waals surface area contributed by atoms with Gasteiger partial charge in [0.15, 0.2) is 0 Å². The zero-order chi connectivity index (χ0) is 8.15. The first-order valence-corrected chi connectivity index (χ1v) is 3.06. The summed E-state index contributed by atoms with van der Waals surface area (Å²) in [6.07, 6.45) is 0.290. The highest BCUT2D eigenvalue weighted by Gasteiger charge is 1.99. The van der Waals surface area contributed by atoms with E-state index in [0.717, 1.165) is 0 Å². The van der Waals surface area contributed by atoms with E-state index in [2.05, 4.69) is 0 Å². The summed E-state index contributed by atoms with van der Waals surface area (Å²) in [5.41, 5.74) is 5.58. The van der Waals surface area contributed by atoms with Gasteiger partial charge in [-0.25, -0.2) is 0 Å². The molecule has 0 aliphatic rings. The van der Waals surface area contributed by atoms with Crippen molar-refractivity contribution in [2.75, 3.05) is 20.6 Å². The second kappa shape index (κ2) is 4.00. The van der Waals surface area contributed by atoms with Gasteiger partial charge in [0, 0.05) is 18.7 Å². The van der Waals surface area contributed by atoms with Crippen LogP contribution in [0.5, 0.6) is 0 Å². The zero-order valence-corrected chi connectivity index (χ0v) is 6.44. The van der Waals surface area contributed by atoms with Gasteiger partial charge in [0.25, 0.3) is 0 Å². The summed E-state index contributed by atoms with van der Waals surface area (Å²) in [7, 11) is 3.77. The molecule has 0 bridgehead atoms. The van der Waals surface area contributed by atoms with E-state index in [1.165, 1.54) is 0 Å². The lowest BCUT2D eigenvalue weighted by molar-refractivity contribution is 0.467. The standard InChI is InChI=1S/C6H14N4/c1-10(2)4-5(7)3-6(8)9/h7H,3-4H2,1-2H3,(H3,8,9). The monoisotopic (exact) mass is 142 g/mol. The third kappa shape index (κ3) is 5.24. The van der Waals surface area contributed by atoms with Crippen molar-refractivity contribution in [2.45, 2.75) is 6.42 Å². The Morgan fingerprint density at radius 1 is 1.40 bits per heavy atom. The Morgan fingerprint density at radius 3 is 2.20 bits per heavy atom. The predicted octanol–water partition coefficient (Wildman–Crippen LogP) is -0.106. The van der Waals surface area contributed by atoms with Crippen LogP contribution in [0.1, 0.15) is 6.42 Å². The van der Waals surface area contributed by atoms with Crippen molar-refractivity contribution in [3.05, 3.63) is 0 Å². The Balaban J connectivity index is 3.54. The van der Waals surface area contributed by atoms with Crippen LogP contribution in [0.4, 0.5) is 0 Å². The second-order valence-corrected chi connectivity index (χ2v) is 2.54. The molecule has 0 radical (unpaired) electrons. The highest BCUT2D eigenvalue weighted by atomic mass is 15.1. The van der Waals surface area contributed by atoms with Crippen LogP contribution >= 0.6 is 0 Å². The van der Waals surface area contributed by atoms with Crippen molar-refractivity contribution in [2.24, 2.45) is 5.73 Å². The maximum absolute atomic E-state index is 7.29. The van der Waals surface area contributed by atoms with Gasteiger partial charge < -0.3 is 16.0 Å². The number of nitrogens with two attached hydrogens (primary N) is 1. The van der Waals surface area contributed by atoms with Crippen LogP contribution in [-0.4, -0.2) is 37.1 Å². The number of nitrogens with zero attached hydrogens (tertiary/aromatic N) is 1. The Bertz CT molecular complexity index is 139. The molecule has 0 saturated carbocycles. The molecule has 4 nitrogen and oxygen atoms in total. The van der Waals surface area contributed by atoms with E-state index in [1.54, 1.807) is 0 Å². The summed E-state index contributed by atoms with van der Waals surface area (Å²) >= 11 is 0. The number of hydrogen-bond donors (Lipinski definition) is 3. The van der Waals surface area contributed by atoms with Crippen LogP contribution in [0.15, 0.2) is 0 Å². The summed E-state index contributed by atoms with van der Waals surface area (Å²) < 4.78 is 0. The molecule has 0 aromatic rings. The third-order valence-electron chi connectivity index (χ3n) is 0.911. The maximum Gasteiger partial charge on any atom is 0.0962 e. The lowest BCUT2D eigenvalue weighted by Gasteiger charge is -2.09. The first-order chi connectivity index (χ1) is 4.52. The molecule has 0 heterocycles. The number of nitrogens with one attached hydrogen (secondary N) is 2. The molecule has 0 aliphatic carbocycles. The van der Waals surface area contributed by atoms with Crippen LogP contribution in [0.2, 0.25) is 0 Å². The summed E-state index contributed by atoms with van der Waals surface area (Å²) in [6, 6.07) is 0. The van der Waals surface area contributed by atoms with Gasteiger partial charge >= 0.3 is 0 Å². The fourth-order valence-corrected chi connectivity index (χ4v) is 0.668. The van der Waals surface area contributed by atoms with Crippen molar-refractivity contribution < 1.29 is 0 Å². The number of amidine groups is 1. The van der Waals surface area contributed by atoms with Crippen molar-refractivity contribution in [1.29, 1.82) is 10.8 Å². The highest BCUT2D eigenvalue weighted by molar-refractivity contribution is 6.00. The molecular formula is C6H14N4. The van der Waals surface area contributed by atoms with E-state index in [0.29, 0.717) is 12.3 Å². The molecule has 0 rings (SSSR count). The lowest BCUT2D eigenvalue weighted by Crippen LogP contribution is -2.25. The van der Waals surface area contributed by atoms with E-state index in [-0.39, 0.29) is 12.3 Å².